The van der Waals surface area contributed by atoms with Gasteiger partial charge in [-0.15, -0.1) is 11.8 Å². The van der Waals surface area contributed by atoms with Crippen molar-refractivity contribution in [2.24, 2.45) is 0 Å². The van der Waals surface area contributed by atoms with Crippen molar-refractivity contribution in [3.63, 3.8) is 0 Å². The summed E-state index contributed by atoms with van der Waals surface area (Å²) >= 11 is 1.89. The second kappa shape index (κ2) is 5.49. The van der Waals surface area contributed by atoms with E-state index in [4.69, 9.17) is 4.74 Å². The van der Waals surface area contributed by atoms with E-state index in [0.29, 0.717) is 0 Å². The van der Waals surface area contributed by atoms with E-state index in [-0.39, 0.29) is 0 Å². The van der Waals surface area contributed by atoms with Crippen molar-refractivity contribution >= 4 is 17.5 Å². The van der Waals surface area contributed by atoms with Gasteiger partial charge in [-0.1, -0.05) is 54.6 Å². The number of hydrogen-bond acceptors (Lipinski definition) is 2. The summed E-state index contributed by atoms with van der Waals surface area (Å²) in [4.78, 5) is 1.26. The Balaban J connectivity index is 2.00. The number of rotatable bonds is 2. The molecule has 0 saturated heterocycles. The minimum atomic E-state index is 0.791. The predicted molar refractivity (Wildman–Crippen MR) is 77.9 cm³/mol. The minimum Gasteiger partial charge on any atom is -0.491 e. The van der Waals surface area contributed by atoms with Gasteiger partial charge in [-0.2, -0.15) is 0 Å². The lowest BCUT2D eigenvalue weighted by Crippen LogP contribution is -2.10. The maximum Gasteiger partial charge on any atom is 0.137 e. The molecule has 0 atom stereocenters. The molecule has 91 valence electrons. The van der Waals surface area contributed by atoms with Crippen LogP contribution in [-0.4, -0.2) is 12.4 Å². The van der Waals surface area contributed by atoms with Crippen LogP contribution in [0.15, 0.2) is 59.5 Å². The maximum atomic E-state index is 5.90. The van der Waals surface area contributed by atoms with Gasteiger partial charge in [0.2, 0.25) is 0 Å². The third kappa shape index (κ3) is 2.39. The van der Waals surface area contributed by atoms with Crippen LogP contribution >= 0.6 is 11.8 Å². The van der Waals surface area contributed by atoms with Crippen LogP contribution in [0.3, 0.4) is 0 Å². The molecule has 0 amide bonds. The first kappa shape index (κ1) is 11.7. The number of allylic oxidation sites excluding steroid dienone is 5. The number of benzene rings is 1. The minimum absolute atomic E-state index is 0.791. The van der Waals surface area contributed by atoms with Crippen LogP contribution in [0.2, 0.25) is 0 Å². The molecular weight excluding hydrogens is 240 g/mol. The van der Waals surface area contributed by atoms with E-state index in [0.717, 1.165) is 24.5 Å². The van der Waals surface area contributed by atoms with Gasteiger partial charge in [0.05, 0.1) is 12.5 Å². The highest BCUT2D eigenvalue weighted by atomic mass is 32.2. The fourth-order valence-electron chi connectivity index (χ4n) is 2.11. The number of thioether (sulfide) groups is 1. The number of ether oxygens (including phenoxy) is 1. The van der Waals surface area contributed by atoms with E-state index in [1.165, 1.54) is 16.4 Å². The highest BCUT2D eigenvalue weighted by Crippen LogP contribution is 2.40. The Labute approximate surface area is 112 Å². The van der Waals surface area contributed by atoms with Gasteiger partial charge in [-0.25, -0.2) is 0 Å². The van der Waals surface area contributed by atoms with Crippen molar-refractivity contribution < 1.29 is 4.74 Å². The molecule has 0 fully saturated rings. The molecule has 0 N–H and O–H groups in total. The van der Waals surface area contributed by atoms with E-state index >= 15 is 0 Å². The molecular formula is C16H15OS. The van der Waals surface area contributed by atoms with Gasteiger partial charge < -0.3 is 4.74 Å². The first-order chi connectivity index (χ1) is 8.95. The lowest BCUT2D eigenvalue weighted by atomic mass is 10.00. The van der Waals surface area contributed by atoms with Crippen molar-refractivity contribution in [3.8, 4) is 0 Å². The monoisotopic (exact) mass is 255 g/mol. The average molecular weight is 255 g/mol. The highest BCUT2D eigenvalue weighted by molar-refractivity contribution is 8.03. The van der Waals surface area contributed by atoms with Gasteiger partial charge in [-0.3, -0.25) is 0 Å². The molecule has 2 heteroatoms. The quantitative estimate of drug-likeness (QED) is 0.783. The molecule has 1 aromatic carbocycles. The van der Waals surface area contributed by atoms with Crippen LogP contribution in [0, 0.1) is 5.92 Å². The molecule has 0 saturated carbocycles. The fourth-order valence-corrected chi connectivity index (χ4v) is 3.09. The molecule has 1 nitrogen and oxygen atoms in total. The zero-order chi connectivity index (χ0) is 12.2. The largest absolute Gasteiger partial charge is 0.491 e. The second-order valence-corrected chi connectivity index (χ2v) is 5.32. The van der Waals surface area contributed by atoms with Crippen LogP contribution in [-0.2, 0) is 4.74 Å². The third-order valence-corrected chi connectivity index (χ3v) is 4.03. The predicted octanol–water partition coefficient (Wildman–Crippen LogP) is 4.21. The van der Waals surface area contributed by atoms with Crippen molar-refractivity contribution in [1.29, 1.82) is 0 Å². The van der Waals surface area contributed by atoms with Gasteiger partial charge in [-0.05, 0) is 6.42 Å². The molecule has 0 spiro atoms. The molecule has 1 aliphatic heterocycles. The van der Waals surface area contributed by atoms with E-state index in [2.05, 4.69) is 48.6 Å². The zero-order valence-electron chi connectivity index (χ0n) is 10.1. The van der Waals surface area contributed by atoms with E-state index in [1.807, 2.05) is 17.8 Å². The third-order valence-electron chi connectivity index (χ3n) is 2.95. The van der Waals surface area contributed by atoms with E-state index < -0.39 is 0 Å². The van der Waals surface area contributed by atoms with Crippen LogP contribution < -0.4 is 0 Å². The summed E-state index contributed by atoms with van der Waals surface area (Å²) in [6.07, 6.45) is 9.81. The first-order valence-corrected chi connectivity index (χ1v) is 7.19. The fraction of sp³-hybridized carbons (Fsp3) is 0.188. The van der Waals surface area contributed by atoms with Crippen molar-refractivity contribution in [3.05, 3.63) is 71.0 Å². The van der Waals surface area contributed by atoms with Crippen LogP contribution in [0.1, 0.15) is 12.0 Å². The SMILES string of the molecule is C1=C[C](C2=C(c3ccccc3)OCCS2)C=CC1. The van der Waals surface area contributed by atoms with Gasteiger partial charge in [0.1, 0.15) is 5.76 Å². The topological polar surface area (TPSA) is 9.23 Å². The average Bonchev–Trinajstić information content (AvgIpc) is 2.49. The molecule has 3 rings (SSSR count). The molecule has 1 aliphatic carbocycles. The molecule has 1 aromatic rings. The number of hydrogen-bond donors (Lipinski definition) is 0. The van der Waals surface area contributed by atoms with Crippen molar-refractivity contribution in [2.45, 2.75) is 6.42 Å². The van der Waals surface area contributed by atoms with E-state index in [1.54, 1.807) is 0 Å². The highest BCUT2D eigenvalue weighted by Gasteiger charge is 2.22. The summed E-state index contributed by atoms with van der Waals surface area (Å²) < 4.78 is 5.90. The normalized spacial score (nSPS) is 20.0. The summed E-state index contributed by atoms with van der Waals surface area (Å²) in [6.45, 7) is 0.791. The Hall–Kier alpha value is -1.41. The molecule has 0 bridgehead atoms. The van der Waals surface area contributed by atoms with Crippen molar-refractivity contribution in [2.75, 3.05) is 12.4 Å². The molecule has 18 heavy (non-hydrogen) atoms. The first-order valence-electron chi connectivity index (χ1n) is 6.21. The summed E-state index contributed by atoms with van der Waals surface area (Å²) in [5, 5.41) is 0. The molecule has 2 aliphatic rings. The molecule has 0 aromatic heterocycles. The summed E-state index contributed by atoms with van der Waals surface area (Å²) in [5.74, 6) is 3.32. The molecule has 0 unspecified atom stereocenters. The van der Waals surface area contributed by atoms with Gasteiger partial charge >= 0.3 is 0 Å². The van der Waals surface area contributed by atoms with Gasteiger partial charge in [0.25, 0.3) is 0 Å². The van der Waals surface area contributed by atoms with Crippen molar-refractivity contribution in [1.82, 2.24) is 0 Å². The van der Waals surface area contributed by atoms with Crippen LogP contribution in [0.5, 0.6) is 0 Å². The zero-order valence-corrected chi connectivity index (χ0v) is 11.0. The Morgan fingerprint density at radius 2 is 1.78 bits per heavy atom. The summed E-state index contributed by atoms with van der Waals surface area (Å²) in [7, 11) is 0. The Morgan fingerprint density at radius 1 is 1.00 bits per heavy atom. The Morgan fingerprint density at radius 3 is 2.56 bits per heavy atom. The van der Waals surface area contributed by atoms with E-state index in [9.17, 15) is 0 Å². The van der Waals surface area contributed by atoms with Crippen LogP contribution in [0.4, 0.5) is 0 Å². The molecule has 1 radical (unpaired) electrons. The Kier molecular flexibility index (Phi) is 3.56. The lowest BCUT2D eigenvalue weighted by molar-refractivity contribution is 0.297. The van der Waals surface area contributed by atoms with Crippen LogP contribution in [0.25, 0.3) is 5.76 Å². The smallest absolute Gasteiger partial charge is 0.137 e. The standard InChI is InChI=1S/C16H15OS/c1-3-7-13(8-4-1)15-16(18-12-11-17-15)14-9-5-2-6-10-14/h1,3-10H,2,11-12H2. The maximum absolute atomic E-state index is 5.90. The lowest BCUT2D eigenvalue weighted by Gasteiger charge is -2.24. The van der Waals surface area contributed by atoms with Gasteiger partial charge in [0, 0.05) is 16.2 Å². The summed E-state index contributed by atoms with van der Waals surface area (Å²) in [6, 6.07) is 10.4. The van der Waals surface area contributed by atoms with Gasteiger partial charge in [0.15, 0.2) is 0 Å². The summed E-state index contributed by atoms with van der Waals surface area (Å²) in [5.41, 5.74) is 1.17. The Bertz CT molecular complexity index is 487. The second-order valence-electron chi connectivity index (χ2n) is 4.22. The molecule has 1 heterocycles.